The molecule has 1 atom stereocenters. The van der Waals surface area contributed by atoms with Gasteiger partial charge in [0.05, 0.1) is 28.7 Å². The fourth-order valence-electron chi connectivity index (χ4n) is 7.13. The molecule has 8 nitrogen and oxygen atoms in total. The Kier molecular flexibility index (Phi) is 5.61. The van der Waals surface area contributed by atoms with Gasteiger partial charge in [-0.15, -0.1) is 0 Å². The number of anilines is 1. The summed E-state index contributed by atoms with van der Waals surface area (Å²) in [6.45, 7) is 4.50. The summed E-state index contributed by atoms with van der Waals surface area (Å²) >= 11 is 0. The number of rotatable bonds is 4. The fraction of sp³-hybridized carbons (Fsp3) is 0.400. The number of hydrogen-bond donors (Lipinski definition) is 1. The number of hydrogen-bond acceptors (Lipinski definition) is 5. The average molecular weight is 563 g/mol. The Bertz CT molecular complexity index is 1580. The van der Waals surface area contributed by atoms with Crippen molar-refractivity contribution in [2.24, 2.45) is 5.92 Å². The number of carbonyl (C=O) groups excluding carboxylic acids is 2. The number of carbonyl (C=O) groups is 2. The minimum atomic E-state index is -4.68. The summed E-state index contributed by atoms with van der Waals surface area (Å²) in [7, 11) is 0. The van der Waals surface area contributed by atoms with E-state index >= 15 is 0 Å². The van der Waals surface area contributed by atoms with Crippen LogP contribution in [-0.4, -0.2) is 56.0 Å². The van der Waals surface area contributed by atoms with Crippen LogP contribution in [0.1, 0.15) is 63.9 Å². The van der Waals surface area contributed by atoms with Crippen LogP contribution in [0.2, 0.25) is 0 Å². The molecule has 2 amide bonds. The zero-order valence-corrected chi connectivity index (χ0v) is 22.3. The highest BCUT2D eigenvalue weighted by Gasteiger charge is 2.57. The SMILES string of the molecule is C=CC(=O)N1CCc2nn(-c3ccc(C45CC(C4)C5)cc3)c3c2C(C1)N(C(=O)c1cnc(C(F)(F)F)cc1N)CC3. The molecule has 2 aliphatic heterocycles. The van der Waals surface area contributed by atoms with E-state index in [1.165, 1.54) is 30.9 Å². The Morgan fingerprint density at radius 2 is 1.83 bits per heavy atom. The van der Waals surface area contributed by atoms with Gasteiger partial charge in [0.15, 0.2) is 0 Å². The van der Waals surface area contributed by atoms with E-state index in [1.54, 1.807) is 9.80 Å². The molecule has 0 radical (unpaired) electrons. The van der Waals surface area contributed by atoms with Gasteiger partial charge < -0.3 is 15.5 Å². The van der Waals surface area contributed by atoms with Crippen LogP contribution in [0.4, 0.5) is 18.9 Å². The zero-order chi connectivity index (χ0) is 28.7. The Morgan fingerprint density at radius 1 is 1.10 bits per heavy atom. The lowest BCUT2D eigenvalue weighted by molar-refractivity contribution is -0.141. The molecule has 212 valence electrons. The maximum absolute atomic E-state index is 13.8. The van der Waals surface area contributed by atoms with Crippen molar-refractivity contribution < 1.29 is 22.8 Å². The second kappa shape index (κ2) is 8.92. The first-order valence-corrected chi connectivity index (χ1v) is 13.8. The quantitative estimate of drug-likeness (QED) is 0.480. The monoisotopic (exact) mass is 562 g/mol. The van der Waals surface area contributed by atoms with E-state index in [0.29, 0.717) is 30.9 Å². The van der Waals surface area contributed by atoms with Crippen LogP contribution in [0, 0.1) is 5.92 Å². The molecule has 2 aromatic heterocycles. The van der Waals surface area contributed by atoms with Crippen molar-refractivity contribution in [2.75, 3.05) is 25.4 Å². The van der Waals surface area contributed by atoms with Crippen LogP contribution in [0.5, 0.6) is 0 Å². The van der Waals surface area contributed by atoms with Crippen LogP contribution >= 0.6 is 0 Å². The number of halogens is 3. The largest absolute Gasteiger partial charge is 0.433 e. The van der Waals surface area contributed by atoms with Crippen molar-refractivity contribution in [1.82, 2.24) is 24.6 Å². The average Bonchev–Trinajstić information content (AvgIpc) is 3.16. The predicted molar refractivity (Wildman–Crippen MR) is 144 cm³/mol. The number of aromatic nitrogens is 3. The van der Waals surface area contributed by atoms with Crippen LogP contribution < -0.4 is 5.73 Å². The number of nitrogens with two attached hydrogens (primary N) is 1. The van der Waals surface area contributed by atoms with E-state index in [-0.39, 0.29) is 30.2 Å². The second-order valence-corrected chi connectivity index (χ2v) is 11.7. The van der Waals surface area contributed by atoms with Crippen LogP contribution in [0.15, 0.2) is 49.2 Å². The van der Waals surface area contributed by atoms with E-state index in [9.17, 15) is 22.8 Å². The molecule has 3 aromatic rings. The van der Waals surface area contributed by atoms with Gasteiger partial charge in [-0.2, -0.15) is 18.3 Å². The van der Waals surface area contributed by atoms with Crippen molar-refractivity contribution in [1.29, 1.82) is 0 Å². The van der Waals surface area contributed by atoms with Crippen molar-refractivity contribution in [3.8, 4) is 5.69 Å². The number of nitrogens with zero attached hydrogens (tertiary/aromatic N) is 5. The lowest BCUT2D eigenvalue weighted by Crippen LogP contribution is -2.55. The van der Waals surface area contributed by atoms with Gasteiger partial charge in [-0.3, -0.25) is 14.6 Å². The number of alkyl halides is 3. The van der Waals surface area contributed by atoms with Gasteiger partial charge in [0.25, 0.3) is 5.91 Å². The topological polar surface area (TPSA) is 97.4 Å². The molecule has 1 unspecified atom stereocenters. The maximum Gasteiger partial charge on any atom is 0.433 e. The van der Waals surface area contributed by atoms with E-state index in [2.05, 4.69) is 35.8 Å². The van der Waals surface area contributed by atoms with Crippen molar-refractivity contribution >= 4 is 17.5 Å². The minimum absolute atomic E-state index is 0.106. The highest BCUT2D eigenvalue weighted by Crippen LogP contribution is 2.65. The summed E-state index contributed by atoms with van der Waals surface area (Å²) in [4.78, 5) is 33.1. The molecule has 5 aliphatic rings. The van der Waals surface area contributed by atoms with E-state index < -0.39 is 23.8 Å². The first-order chi connectivity index (χ1) is 19.6. The molecule has 2 N–H and O–H groups in total. The van der Waals surface area contributed by atoms with Crippen LogP contribution in [0.25, 0.3) is 5.69 Å². The highest BCUT2D eigenvalue weighted by atomic mass is 19.4. The third kappa shape index (κ3) is 3.96. The van der Waals surface area contributed by atoms with E-state index in [4.69, 9.17) is 10.8 Å². The number of amides is 2. The summed E-state index contributed by atoms with van der Waals surface area (Å²) in [6.07, 6.45) is 2.26. The Hall–Kier alpha value is -4.15. The summed E-state index contributed by atoms with van der Waals surface area (Å²) in [6, 6.07) is 8.74. The lowest BCUT2D eigenvalue weighted by Gasteiger charge is -2.62. The summed E-state index contributed by atoms with van der Waals surface area (Å²) in [5.74, 6) is 0.0982. The third-order valence-corrected chi connectivity index (χ3v) is 9.38. The summed E-state index contributed by atoms with van der Waals surface area (Å²) < 4.78 is 41.4. The smallest absolute Gasteiger partial charge is 0.398 e. The van der Waals surface area contributed by atoms with Gasteiger partial charge in [-0.05, 0) is 60.4 Å². The standard InChI is InChI=1S/C30H29F3N6O2/c1-2-26(40)37-9-7-22-27-23(39(36-22)19-5-3-18(4-6-19)29-12-17(13-29)14-29)8-10-38(24(27)16-37)28(41)20-15-35-25(11-21(20)34)30(31,32)33/h2-6,11,15,17,24H,1,7-10,12-14,16H2,(H2,34,35). The van der Waals surface area contributed by atoms with Crippen LogP contribution in [0.3, 0.4) is 0 Å². The molecule has 0 saturated heterocycles. The van der Waals surface area contributed by atoms with Crippen molar-refractivity contribution in [2.45, 2.75) is 49.7 Å². The molecular formula is C30H29F3N6O2. The molecule has 41 heavy (non-hydrogen) atoms. The molecular weight excluding hydrogens is 533 g/mol. The maximum atomic E-state index is 13.8. The molecule has 4 heterocycles. The molecule has 11 heteroatoms. The minimum Gasteiger partial charge on any atom is -0.398 e. The Balaban J connectivity index is 1.25. The summed E-state index contributed by atoms with van der Waals surface area (Å²) in [5.41, 5.74) is 9.70. The zero-order valence-electron chi connectivity index (χ0n) is 22.3. The van der Waals surface area contributed by atoms with Crippen molar-refractivity contribution in [3.05, 3.63) is 83.0 Å². The lowest BCUT2D eigenvalue weighted by atomic mass is 9.42. The van der Waals surface area contributed by atoms with Crippen molar-refractivity contribution in [3.63, 3.8) is 0 Å². The first-order valence-electron chi connectivity index (χ1n) is 13.8. The van der Waals surface area contributed by atoms with E-state index in [1.807, 2.05) is 4.68 Å². The normalized spacial score (nSPS) is 24.6. The fourth-order valence-corrected chi connectivity index (χ4v) is 7.13. The Labute approximate surface area is 234 Å². The predicted octanol–water partition coefficient (Wildman–Crippen LogP) is 4.23. The van der Waals surface area contributed by atoms with Gasteiger partial charge >= 0.3 is 6.18 Å². The van der Waals surface area contributed by atoms with Gasteiger partial charge in [0, 0.05) is 49.9 Å². The van der Waals surface area contributed by atoms with Gasteiger partial charge in [-0.25, -0.2) is 4.68 Å². The number of pyridine rings is 1. The van der Waals surface area contributed by atoms with Gasteiger partial charge in [-0.1, -0.05) is 18.7 Å². The third-order valence-electron chi connectivity index (χ3n) is 9.38. The van der Waals surface area contributed by atoms with E-state index in [0.717, 1.165) is 34.8 Å². The molecule has 0 spiro atoms. The first kappa shape index (κ1) is 25.8. The van der Waals surface area contributed by atoms with Crippen LogP contribution in [-0.2, 0) is 29.2 Å². The van der Waals surface area contributed by atoms with Gasteiger partial charge in [0.2, 0.25) is 5.91 Å². The molecule has 1 aromatic carbocycles. The van der Waals surface area contributed by atoms with Gasteiger partial charge in [0.1, 0.15) is 5.69 Å². The Morgan fingerprint density at radius 3 is 2.44 bits per heavy atom. The molecule has 3 saturated carbocycles. The highest BCUT2D eigenvalue weighted by molar-refractivity contribution is 5.99. The molecule has 3 fully saturated rings. The number of benzene rings is 1. The number of nitrogen functional groups attached to an aromatic ring is 1. The second-order valence-electron chi connectivity index (χ2n) is 11.7. The summed E-state index contributed by atoms with van der Waals surface area (Å²) in [5, 5.41) is 4.97. The molecule has 8 rings (SSSR count). The molecule has 3 aliphatic carbocycles. The molecule has 2 bridgehead atoms.